The number of rotatable bonds is 7. The number of nitrogen functional groups attached to an aromatic ring is 1. The highest BCUT2D eigenvalue weighted by Gasteiger charge is 2.20. The molecule has 1 amide bonds. The van der Waals surface area contributed by atoms with Crippen molar-refractivity contribution >= 4 is 34.9 Å². The van der Waals surface area contributed by atoms with Gasteiger partial charge in [-0.25, -0.2) is 9.37 Å². The van der Waals surface area contributed by atoms with Crippen LogP contribution in [0.3, 0.4) is 0 Å². The van der Waals surface area contributed by atoms with E-state index in [9.17, 15) is 14.3 Å². The maximum atomic E-state index is 13.9. The van der Waals surface area contributed by atoms with Crippen molar-refractivity contribution in [2.75, 3.05) is 12.3 Å². The van der Waals surface area contributed by atoms with E-state index in [0.717, 1.165) is 5.56 Å². The number of nitrogens with zero attached hydrogens (tertiary/aromatic N) is 1. The molecule has 1 aromatic heterocycles. The first kappa shape index (κ1) is 23.8. The molecule has 4 N–H and O–H groups in total. The van der Waals surface area contributed by atoms with Crippen molar-refractivity contribution in [3.05, 3.63) is 75.7 Å². The van der Waals surface area contributed by atoms with Crippen molar-refractivity contribution in [2.24, 2.45) is 0 Å². The summed E-state index contributed by atoms with van der Waals surface area (Å²) in [5, 5.41) is 12.1. The van der Waals surface area contributed by atoms with Gasteiger partial charge in [0.2, 0.25) is 0 Å². The van der Waals surface area contributed by atoms with Gasteiger partial charge in [-0.05, 0) is 49.7 Å². The van der Waals surface area contributed by atoms with Gasteiger partial charge in [-0.15, -0.1) is 0 Å². The molecule has 0 unspecified atom stereocenters. The molecule has 0 aliphatic carbocycles. The molecule has 0 saturated carbocycles. The van der Waals surface area contributed by atoms with Gasteiger partial charge in [0.05, 0.1) is 11.1 Å². The second-order valence-electron chi connectivity index (χ2n) is 7.26. The number of hydrogen-bond donors (Lipinski definition) is 3. The monoisotopic (exact) mass is 477 g/mol. The van der Waals surface area contributed by atoms with E-state index in [2.05, 4.69) is 10.3 Å². The Labute approximate surface area is 195 Å². The number of ether oxygens (including phenoxy) is 1. The van der Waals surface area contributed by atoms with Crippen LogP contribution in [0.25, 0.3) is 11.1 Å². The van der Waals surface area contributed by atoms with Gasteiger partial charge >= 0.3 is 0 Å². The van der Waals surface area contributed by atoms with Gasteiger partial charge in [-0.2, -0.15) is 0 Å². The second kappa shape index (κ2) is 10.2. The van der Waals surface area contributed by atoms with Crippen molar-refractivity contribution in [1.29, 1.82) is 0 Å². The van der Waals surface area contributed by atoms with Crippen LogP contribution in [-0.4, -0.2) is 28.6 Å². The fraction of sp³-hybridized carbons (Fsp3) is 0.217. The Kier molecular flexibility index (Phi) is 7.56. The molecule has 0 radical (unpaired) electrons. The third-order valence-corrected chi connectivity index (χ3v) is 5.42. The van der Waals surface area contributed by atoms with E-state index in [-0.39, 0.29) is 34.1 Å². The number of nitrogens with two attached hydrogens (primary N) is 1. The van der Waals surface area contributed by atoms with Crippen LogP contribution in [0, 0.1) is 5.82 Å². The molecule has 3 rings (SSSR count). The van der Waals surface area contributed by atoms with Gasteiger partial charge in [0, 0.05) is 34.5 Å². The maximum absolute atomic E-state index is 13.9. The van der Waals surface area contributed by atoms with Crippen molar-refractivity contribution < 1.29 is 19.0 Å². The predicted molar refractivity (Wildman–Crippen MR) is 124 cm³/mol. The van der Waals surface area contributed by atoms with Crippen molar-refractivity contribution in [3.63, 3.8) is 0 Å². The molecular weight excluding hydrogens is 456 g/mol. The standard InChI is InChI=1S/C23H22Cl2FN3O3/c1-12(30)10-29-23(31)15-5-3-14(4-6-15)16-9-19(22(27)28-11-16)32-13(2)20-17(24)7-8-18(26)21(20)25/h3-9,11-13,30H,10H2,1-2H3,(H2,27,28)(H,29,31)/t12-,13+/m1/s1. The number of carbonyl (C=O) groups excluding carboxylic acids is 1. The topological polar surface area (TPSA) is 97.5 Å². The number of hydrogen-bond acceptors (Lipinski definition) is 5. The summed E-state index contributed by atoms with van der Waals surface area (Å²) in [6, 6.07) is 11.1. The number of nitrogens with one attached hydrogen (secondary N) is 1. The zero-order valence-corrected chi connectivity index (χ0v) is 18.9. The quantitative estimate of drug-likeness (QED) is 0.414. The molecule has 2 aromatic carbocycles. The molecule has 6 nitrogen and oxygen atoms in total. The largest absolute Gasteiger partial charge is 0.482 e. The number of benzene rings is 2. The highest BCUT2D eigenvalue weighted by atomic mass is 35.5. The lowest BCUT2D eigenvalue weighted by molar-refractivity contribution is 0.0924. The molecular formula is C23H22Cl2FN3O3. The minimum absolute atomic E-state index is 0.114. The summed E-state index contributed by atoms with van der Waals surface area (Å²) in [4.78, 5) is 16.3. The van der Waals surface area contributed by atoms with Gasteiger partial charge in [-0.3, -0.25) is 4.79 Å². The zero-order chi connectivity index (χ0) is 23.4. The summed E-state index contributed by atoms with van der Waals surface area (Å²) >= 11 is 12.3. The average molecular weight is 478 g/mol. The van der Waals surface area contributed by atoms with E-state index in [1.807, 2.05) is 0 Å². The molecule has 1 heterocycles. The fourth-order valence-corrected chi connectivity index (χ4v) is 3.71. The summed E-state index contributed by atoms with van der Waals surface area (Å²) in [5.74, 6) is -0.447. The molecule has 3 aromatic rings. The summed E-state index contributed by atoms with van der Waals surface area (Å²) in [5.41, 5.74) is 8.22. The molecule has 0 aliphatic heterocycles. The number of aliphatic hydroxyl groups excluding tert-OH is 1. The average Bonchev–Trinajstić information content (AvgIpc) is 2.76. The van der Waals surface area contributed by atoms with Gasteiger partial charge < -0.3 is 20.9 Å². The van der Waals surface area contributed by atoms with Crippen LogP contribution in [0.15, 0.2) is 48.7 Å². The number of halogens is 3. The molecule has 0 fully saturated rings. The van der Waals surface area contributed by atoms with E-state index in [1.165, 1.54) is 12.1 Å². The lowest BCUT2D eigenvalue weighted by Gasteiger charge is -2.19. The van der Waals surface area contributed by atoms with E-state index in [0.29, 0.717) is 16.7 Å². The van der Waals surface area contributed by atoms with Crippen molar-refractivity contribution in [3.8, 4) is 16.9 Å². The van der Waals surface area contributed by atoms with Crippen LogP contribution in [-0.2, 0) is 0 Å². The molecule has 32 heavy (non-hydrogen) atoms. The summed E-state index contributed by atoms with van der Waals surface area (Å²) in [7, 11) is 0. The van der Waals surface area contributed by atoms with E-state index < -0.39 is 18.0 Å². The number of pyridine rings is 1. The SMILES string of the molecule is C[C@H](Oc1cc(-c2ccc(C(=O)NC[C@@H](C)O)cc2)cnc1N)c1c(Cl)ccc(F)c1Cl. The molecule has 168 valence electrons. The van der Waals surface area contributed by atoms with Crippen molar-refractivity contribution in [1.82, 2.24) is 10.3 Å². The third-order valence-electron chi connectivity index (χ3n) is 4.71. The number of amides is 1. The van der Waals surface area contributed by atoms with Crippen LogP contribution < -0.4 is 15.8 Å². The fourth-order valence-electron chi connectivity index (χ4n) is 3.03. The van der Waals surface area contributed by atoms with E-state index in [4.69, 9.17) is 33.7 Å². The Morgan fingerprint density at radius 2 is 1.88 bits per heavy atom. The smallest absolute Gasteiger partial charge is 0.251 e. The van der Waals surface area contributed by atoms with Gasteiger partial charge in [-0.1, -0.05) is 35.3 Å². The Morgan fingerprint density at radius 1 is 1.19 bits per heavy atom. The van der Waals surface area contributed by atoms with Gasteiger partial charge in [0.15, 0.2) is 11.6 Å². The van der Waals surface area contributed by atoms with Crippen LogP contribution >= 0.6 is 23.2 Å². The van der Waals surface area contributed by atoms with Crippen molar-refractivity contribution in [2.45, 2.75) is 26.1 Å². The molecule has 0 bridgehead atoms. The Morgan fingerprint density at radius 3 is 2.53 bits per heavy atom. The summed E-state index contributed by atoms with van der Waals surface area (Å²) in [6.45, 7) is 3.44. The van der Waals surface area contributed by atoms with E-state index in [1.54, 1.807) is 50.4 Å². The minimum atomic E-state index is -0.690. The normalized spacial score (nSPS) is 12.8. The molecule has 9 heteroatoms. The highest BCUT2D eigenvalue weighted by Crippen LogP contribution is 2.37. The lowest BCUT2D eigenvalue weighted by Crippen LogP contribution is -2.30. The van der Waals surface area contributed by atoms with E-state index >= 15 is 0 Å². The number of anilines is 1. The number of aromatic nitrogens is 1. The third kappa shape index (κ3) is 5.48. The molecule has 0 spiro atoms. The first-order chi connectivity index (χ1) is 15.2. The second-order valence-corrected chi connectivity index (χ2v) is 8.05. The lowest BCUT2D eigenvalue weighted by atomic mass is 10.0. The first-order valence-corrected chi connectivity index (χ1v) is 10.5. The minimum Gasteiger partial charge on any atom is -0.482 e. The predicted octanol–water partition coefficient (Wildman–Crippen LogP) is 5.03. The maximum Gasteiger partial charge on any atom is 0.251 e. The van der Waals surface area contributed by atoms with Crippen LogP contribution in [0.1, 0.15) is 35.9 Å². The van der Waals surface area contributed by atoms with Crippen LogP contribution in [0.4, 0.5) is 10.2 Å². The van der Waals surface area contributed by atoms with Gasteiger partial charge in [0.25, 0.3) is 5.91 Å². The first-order valence-electron chi connectivity index (χ1n) is 9.79. The number of aliphatic hydroxyl groups is 1. The van der Waals surface area contributed by atoms with Crippen LogP contribution in [0.2, 0.25) is 10.0 Å². The molecule has 0 aliphatic rings. The Hall–Kier alpha value is -2.87. The molecule has 2 atom stereocenters. The zero-order valence-electron chi connectivity index (χ0n) is 17.4. The van der Waals surface area contributed by atoms with Crippen LogP contribution in [0.5, 0.6) is 5.75 Å². The highest BCUT2D eigenvalue weighted by molar-refractivity contribution is 6.36. The molecule has 0 saturated heterocycles. The Balaban J connectivity index is 1.82. The summed E-state index contributed by atoms with van der Waals surface area (Å²) < 4.78 is 19.8. The summed E-state index contributed by atoms with van der Waals surface area (Å²) in [6.07, 6.45) is 0.263. The Bertz CT molecular complexity index is 1120. The number of carbonyl (C=O) groups is 1. The van der Waals surface area contributed by atoms with Gasteiger partial charge in [0.1, 0.15) is 11.9 Å².